The Kier molecular flexibility index (Phi) is 6.05. The van der Waals surface area contributed by atoms with Crippen molar-refractivity contribution in [2.24, 2.45) is 5.92 Å². The molecule has 0 saturated carbocycles. The molecule has 3 atom stereocenters. The molecule has 23 heavy (non-hydrogen) atoms. The molecule has 0 bridgehead atoms. The number of halogens is 2. The van der Waals surface area contributed by atoms with Crippen molar-refractivity contribution in [2.45, 2.75) is 25.4 Å². The van der Waals surface area contributed by atoms with Gasteiger partial charge in [0, 0.05) is 16.0 Å². The minimum Gasteiger partial charge on any atom is -0.481 e. The topological polar surface area (TPSA) is 57.5 Å². The zero-order valence-electron chi connectivity index (χ0n) is 12.6. The quantitative estimate of drug-likeness (QED) is 0.775. The molecule has 2 aromatic carbocycles. The molecular weight excluding hydrogens is 335 g/mol. The van der Waals surface area contributed by atoms with Gasteiger partial charge >= 0.3 is 5.97 Å². The van der Waals surface area contributed by atoms with Gasteiger partial charge in [0.25, 0.3) is 0 Å². The van der Waals surface area contributed by atoms with Gasteiger partial charge in [-0.05, 0) is 41.8 Å². The van der Waals surface area contributed by atoms with Crippen molar-refractivity contribution in [3.63, 3.8) is 0 Å². The number of aliphatic hydroxyl groups is 1. The lowest BCUT2D eigenvalue weighted by Gasteiger charge is -2.25. The summed E-state index contributed by atoms with van der Waals surface area (Å²) < 4.78 is 0. The maximum absolute atomic E-state index is 11.2. The van der Waals surface area contributed by atoms with Gasteiger partial charge in [-0.15, -0.1) is 0 Å². The van der Waals surface area contributed by atoms with Crippen LogP contribution < -0.4 is 0 Å². The molecule has 0 aromatic heterocycles. The number of benzene rings is 2. The second-order valence-corrected chi connectivity index (χ2v) is 6.51. The third-order valence-corrected chi connectivity index (χ3v) is 4.39. The third kappa shape index (κ3) is 4.71. The van der Waals surface area contributed by atoms with E-state index in [-0.39, 0.29) is 5.92 Å². The molecule has 0 aliphatic heterocycles. The van der Waals surface area contributed by atoms with E-state index in [2.05, 4.69) is 0 Å². The van der Waals surface area contributed by atoms with E-state index in [1.165, 1.54) is 0 Å². The summed E-state index contributed by atoms with van der Waals surface area (Å²) >= 11 is 11.9. The molecule has 2 aromatic rings. The van der Waals surface area contributed by atoms with Crippen LogP contribution in [0.2, 0.25) is 10.0 Å². The van der Waals surface area contributed by atoms with Crippen molar-refractivity contribution < 1.29 is 15.0 Å². The van der Waals surface area contributed by atoms with E-state index in [1.54, 1.807) is 49.4 Å². The molecule has 5 heteroatoms. The fourth-order valence-electron chi connectivity index (χ4n) is 2.56. The largest absolute Gasteiger partial charge is 0.481 e. The Hall–Kier alpha value is -1.55. The first-order valence-electron chi connectivity index (χ1n) is 7.30. The molecule has 3 nitrogen and oxygen atoms in total. The van der Waals surface area contributed by atoms with E-state index in [9.17, 15) is 15.0 Å². The molecule has 0 amide bonds. The predicted octanol–water partition coefficient (Wildman–Crippen LogP) is 4.92. The molecule has 3 unspecified atom stereocenters. The van der Waals surface area contributed by atoms with Crippen molar-refractivity contribution in [3.05, 3.63) is 69.7 Å². The standard InChI is InChI=1S/C18H18Cl2O3/c1-11(18(22)23)9-16(13-3-2-4-15(20)10-13)17(21)12-5-7-14(19)8-6-12/h2-8,10-11,16-17,21H,9H2,1H3,(H,22,23). The monoisotopic (exact) mass is 352 g/mol. The first-order chi connectivity index (χ1) is 10.9. The summed E-state index contributed by atoms with van der Waals surface area (Å²) in [7, 11) is 0. The van der Waals surface area contributed by atoms with Crippen molar-refractivity contribution in [2.75, 3.05) is 0 Å². The normalized spacial score (nSPS) is 15.0. The van der Waals surface area contributed by atoms with Crippen LogP contribution in [-0.4, -0.2) is 16.2 Å². The van der Waals surface area contributed by atoms with Crippen LogP contribution >= 0.6 is 23.2 Å². The second-order valence-electron chi connectivity index (χ2n) is 5.63. The number of carboxylic acids is 1. The van der Waals surface area contributed by atoms with Crippen LogP contribution in [0.3, 0.4) is 0 Å². The molecule has 2 N–H and O–H groups in total. The first-order valence-corrected chi connectivity index (χ1v) is 8.06. The third-order valence-electron chi connectivity index (χ3n) is 3.90. The molecule has 0 aliphatic rings. The fraction of sp³-hybridized carbons (Fsp3) is 0.278. The van der Waals surface area contributed by atoms with E-state index in [1.807, 2.05) is 6.07 Å². The van der Waals surface area contributed by atoms with Crippen LogP contribution in [0.15, 0.2) is 48.5 Å². The zero-order valence-corrected chi connectivity index (χ0v) is 14.1. The number of hydrogen-bond donors (Lipinski definition) is 2. The maximum Gasteiger partial charge on any atom is 0.306 e. The lowest BCUT2D eigenvalue weighted by atomic mass is 9.83. The van der Waals surface area contributed by atoms with E-state index in [0.29, 0.717) is 22.0 Å². The summed E-state index contributed by atoms with van der Waals surface area (Å²) in [5.74, 6) is -1.85. The Bertz CT molecular complexity index is 670. The number of rotatable bonds is 6. The number of aliphatic hydroxyl groups excluding tert-OH is 1. The van der Waals surface area contributed by atoms with E-state index in [4.69, 9.17) is 23.2 Å². The van der Waals surface area contributed by atoms with Crippen LogP contribution in [0, 0.1) is 5.92 Å². The number of carboxylic acid groups (broad SMARTS) is 1. The molecule has 0 heterocycles. The second kappa shape index (κ2) is 7.82. The molecule has 0 fully saturated rings. The van der Waals surface area contributed by atoms with Crippen LogP contribution in [0.1, 0.15) is 36.5 Å². The Morgan fingerprint density at radius 3 is 2.26 bits per heavy atom. The van der Waals surface area contributed by atoms with Gasteiger partial charge in [-0.2, -0.15) is 0 Å². The lowest BCUT2D eigenvalue weighted by molar-refractivity contribution is -0.141. The van der Waals surface area contributed by atoms with Gasteiger partial charge < -0.3 is 10.2 Å². The number of carbonyl (C=O) groups is 1. The van der Waals surface area contributed by atoms with E-state index < -0.39 is 18.0 Å². The van der Waals surface area contributed by atoms with Crippen LogP contribution in [0.4, 0.5) is 0 Å². The van der Waals surface area contributed by atoms with Gasteiger partial charge in [-0.25, -0.2) is 0 Å². The Labute approximate surface area is 145 Å². The average Bonchev–Trinajstić information content (AvgIpc) is 2.52. The highest BCUT2D eigenvalue weighted by Gasteiger charge is 2.27. The molecule has 0 spiro atoms. The fourth-order valence-corrected chi connectivity index (χ4v) is 2.88. The summed E-state index contributed by atoms with van der Waals surface area (Å²) in [6.07, 6.45) is -0.535. The molecule has 0 saturated heterocycles. The molecule has 0 aliphatic carbocycles. The summed E-state index contributed by atoms with van der Waals surface area (Å²) in [5, 5.41) is 21.1. The minimum atomic E-state index is -0.889. The number of hydrogen-bond acceptors (Lipinski definition) is 2. The average molecular weight is 353 g/mol. The Morgan fingerprint density at radius 1 is 1.04 bits per heavy atom. The van der Waals surface area contributed by atoms with Crippen molar-refractivity contribution >= 4 is 29.2 Å². The summed E-state index contributed by atoms with van der Waals surface area (Å²) in [6.45, 7) is 1.63. The molecule has 0 radical (unpaired) electrons. The van der Waals surface area contributed by atoms with Gasteiger partial charge in [0.15, 0.2) is 0 Å². The Morgan fingerprint density at radius 2 is 1.70 bits per heavy atom. The van der Waals surface area contributed by atoms with Crippen molar-refractivity contribution in [3.8, 4) is 0 Å². The van der Waals surface area contributed by atoms with Crippen LogP contribution in [-0.2, 0) is 4.79 Å². The molecule has 2 rings (SSSR count). The maximum atomic E-state index is 11.2. The van der Waals surface area contributed by atoms with Crippen molar-refractivity contribution in [1.82, 2.24) is 0 Å². The van der Waals surface area contributed by atoms with Gasteiger partial charge in [0.2, 0.25) is 0 Å². The first kappa shape index (κ1) is 17.8. The smallest absolute Gasteiger partial charge is 0.306 e. The van der Waals surface area contributed by atoms with Gasteiger partial charge in [-0.1, -0.05) is 54.4 Å². The highest BCUT2D eigenvalue weighted by atomic mass is 35.5. The van der Waals surface area contributed by atoms with Gasteiger partial charge in [0.05, 0.1) is 12.0 Å². The highest BCUT2D eigenvalue weighted by molar-refractivity contribution is 6.30. The summed E-state index contributed by atoms with van der Waals surface area (Å²) in [5.41, 5.74) is 1.50. The molecule has 122 valence electrons. The lowest BCUT2D eigenvalue weighted by Crippen LogP contribution is -2.19. The van der Waals surface area contributed by atoms with E-state index in [0.717, 1.165) is 5.56 Å². The minimum absolute atomic E-state index is 0.305. The Balaban J connectivity index is 2.35. The van der Waals surface area contributed by atoms with Crippen molar-refractivity contribution in [1.29, 1.82) is 0 Å². The van der Waals surface area contributed by atoms with Gasteiger partial charge in [-0.3, -0.25) is 4.79 Å². The highest BCUT2D eigenvalue weighted by Crippen LogP contribution is 2.37. The zero-order chi connectivity index (χ0) is 17.0. The van der Waals surface area contributed by atoms with Gasteiger partial charge in [0.1, 0.15) is 0 Å². The summed E-state index contributed by atoms with van der Waals surface area (Å²) in [6, 6.07) is 14.1. The number of aliphatic carboxylic acids is 1. The van der Waals surface area contributed by atoms with E-state index >= 15 is 0 Å². The van der Waals surface area contributed by atoms with Crippen LogP contribution in [0.5, 0.6) is 0 Å². The summed E-state index contributed by atoms with van der Waals surface area (Å²) in [4.78, 5) is 11.2. The molecular formula is C18H18Cl2O3. The van der Waals surface area contributed by atoms with Crippen LogP contribution in [0.25, 0.3) is 0 Å². The predicted molar refractivity (Wildman–Crippen MR) is 92.0 cm³/mol. The SMILES string of the molecule is CC(CC(c1cccc(Cl)c1)C(O)c1ccc(Cl)cc1)C(=O)O.